The van der Waals surface area contributed by atoms with Gasteiger partial charge < -0.3 is 10.5 Å². The van der Waals surface area contributed by atoms with Gasteiger partial charge in [-0.15, -0.1) is 11.8 Å². The van der Waals surface area contributed by atoms with E-state index in [-0.39, 0.29) is 5.54 Å². The first-order chi connectivity index (χ1) is 9.76. The van der Waals surface area contributed by atoms with Crippen LogP contribution in [0.15, 0.2) is 28.2 Å². The van der Waals surface area contributed by atoms with E-state index in [1.165, 1.54) is 16.7 Å². The van der Waals surface area contributed by atoms with Crippen molar-refractivity contribution in [2.24, 2.45) is 15.7 Å². The van der Waals surface area contributed by atoms with Gasteiger partial charge in [0.15, 0.2) is 0 Å². The van der Waals surface area contributed by atoms with Gasteiger partial charge in [0, 0.05) is 6.42 Å². The van der Waals surface area contributed by atoms with Gasteiger partial charge in [0.2, 0.25) is 0 Å². The molecule has 4 nitrogen and oxygen atoms in total. The predicted molar refractivity (Wildman–Crippen MR) is 82.5 cm³/mol. The lowest BCUT2D eigenvalue weighted by Crippen LogP contribution is -2.36. The summed E-state index contributed by atoms with van der Waals surface area (Å²) in [4.78, 5) is 8.90. The Bertz CT molecular complexity index is 605. The van der Waals surface area contributed by atoms with E-state index in [1.54, 1.807) is 0 Å². The third-order valence-corrected chi connectivity index (χ3v) is 5.43. The molecular weight excluding hydrogens is 270 g/mol. The van der Waals surface area contributed by atoms with Crippen molar-refractivity contribution in [2.45, 2.75) is 30.1 Å². The van der Waals surface area contributed by atoms with Crippen molar-refractivity contribution in [3.8, 4) is 0 Å². The summed E-state index contributed by atoms with van der Waals surface area (Å²) in [5.41, 5.74) is 11.9. The van der Waals surface area contributed by atoms with E-state index in [0.717, 1.165) is 25.8 Å². The summed E-state index contributed by atoms with van der Waals surface area (Å²) in [6, 6.07) is 7.00. The fourth-order valence-corrected chi connectivity index (χ4v) is 4.28. The van der Waals surface area contributed by atoms with Gasteiger partial charge in [0.05, 0.1) is 17.3 Å². The van der Waals surface area contributed by atoms with Gasteiger partial charge in [0.25, 0.3) is 6.02 Å². The Morgan fingerprint density at radius 1 is 1.40 bits per heavy atom. The molecule has 0 bridgehead atoms. The molecule has 1 aromatic carbocycles. The van der Waals surface area contributed by atoms with Crippen LogP contribution in [-0.4, -0.2) is 30.3 Å². The minimum atomic E-state index is -0.116. The highest BCUT2D eigenvalue weighted by atomic mass is 32.2. The van der Waals surface area contributed by atoms with Crippen LogP contribution in [0, 0.1) is 0 Å². The van der Waals surface area contributed by atoms with E-state index in [2.05, 4.69) is 28.2 Å². The number of nitrogens with zero attached hydrogens (tertiary/aromatic N) is 2. The molecule has 1 spiro atoms. The topological polar surface area (TPSA) is 60.0 Å². The van der Waals surface area contributed by atoms with Crippen LogP contribution in [0.4, 0.5) is 0 Å². The molecule has 0 radical (unpaired) electrons. The molecule has 0 saturated carbocycles. The first-order valence-corrected chi connectivity index (χ1v) is 7.93. The van der Waals surface area contributed by atoms with E-state index in [4.69, 9.17) is 10.5 Å². The number of rotatable bonds is 1. The molecule has 1 unspecified atom stereocenters. The number of aliphatic imine (C=N–C) groups is 2. The fraction of sp³-hybridized carbons (Fsp3) is 0.467. The molecule has 1 aromatic rings. The molecule has 20 heavy (non-hydrogen) atoms. The number of thioether (sulfide) groups is 1. The lowest BCUT2D eigenvalue weighted by atomic mass is 9.77. The third-order valence-electron chi connectivity index (χ3n) is 4.42. The van der Waals surface area contributed by atoms with Crippen LogP contribution in [0.25, 0.3) is 0 Å². The highest BCUT2D eigenvalue weighted by molar-refractivity contribution is 8.12. The zero-order valence-corrected chi connectivity index (χ0v) is 12.0. The summed E-state index contributed by atoms with van der Waals surface area (Å²) >= 11 is 1.83. The van der Waals surface area contributed by atoms with Crippen molar-refractivity contribution in [1.29, 1.82) is 0 Å². The van der Waals surface area contributed by atoms with E-state index < -0.39 is 0 Å². The van der Waals surface area contributed by atoms with Crippen LogP contribution in [0.5, 0.6) is 0 Å². The molecule has 3 aliphatic rings. The molecular formula is C15H17N3OS. The minimum Gasteiger partial charge on any atom is -0.463 e. The van der Waals surface area contributed by atoms with Gasteiger partial charge in [-0.25, -0.2) is 4.99 Å². The predicted octanol–water partition coefficient (Wildman–Crippen LogP) is 2.08. The van der Waals surface area contributed by atoms with E-state index in [1.807, 2.05) is 17.3 Å². The summed E-state index contributed by atoms with van der Waals surface area (Å²) < 4.78 is 5.39. The number of nitrogens with two attached hydrogens (primary N) is 1. The van der Waals surface area contributed by atoms with Crippen LogP contribution in [0.3, 0.4) is 0 Å². The Labute approximate surface area is 122 Å². The summed E-state index contributed by atoms with van der Waals surface area (Å²) in [6.45, 7) is 1.53. The maximum Gasteiger partial charge on any atom is 0.282 e. The van der Waals surface area contributed by atoms with Gasteiger partial charge in [-0.2, -0.15) is 0 Å². The van der Waals surface area contributed by atoms with Gasteiger partial charge >= 0.3 is 0 Å². The Morgan fingerprint density at radius 3 is 3.10 bits per heavy atom. The molecule has 0 fully saturated rings. The summed E-state index contributed by atoms with van der Waals surface area (Å²) in [5, 5.41) is 0.493. The van der Waals surface area contributed by atoms with Crippen molar-refractivity contribution in [3.63, 3.8) is 0 Å². The first kappa shape index (κ1) is 12.3. The van der Waals surface area contributed by atoms with Crippen molar-refractivity contribution in [3.05, 3.63) is 34.9 Å². The Hall–Kier alpha value is -1.49. The quantitative estimate of drug-likeness (QED) is 0.860. The third kappa shape index (κ3) is 1.92. The highest BCUT2D eigenvalue weighted by Gasteiger charge is 2.40. The Morgan fingerprint density at radius 2 is 2.35 bits per heavy atom. The summed E-state index contributed by atoms with van der Waals surface area (Å²) in [6.07, 6.45) is 3.02. The van der Waals surface area contributed by atoms with Crippen molar-refractivity contribution in [2.75, 3.05) is 13.2 Å². The molecule has 2 aliphatic heterocycles. The molecule has 104 valence electrons. The molecule has 2 heterocycles. The van der Waals surface area contributed by atoms with E-state index in [9.17, 15) is 0 Å². The Kier molecular flexibility index (Phi) is 2.77. The molecule has 1 aliphatic carbocycles. The lowest BCUT2D eigenvalue weighted by molar-refractivity contribution is 0.234. The smallest absolute Gasteiger partial charge is 0.282 e. The van der Waals surface area contributed by atoms with Crippen molar-refractivity contribution >= 4 is 23.3 Å². The summed E-state index contributed by atoms with van der Waals surface area (Å²) in [5.74, 6) is 0. The minimum absolute atomic E-state index is 0.116. The zero-order valence-electron chi connectivity index (χ0n) is 11.2. The highest BCUT2D eigenvalue weighted by Crippen LogP contribution is 2.40. The number of amidine groups is 1. The largest absolute Gasteiger partial charge is 0.463 e. The van der Waals surface area contributed by atoms with Gasteiger partial charge in [0.1, 0.15) is 12.1 Å². The zero-order chi connectivity index (χ0) is 13.6. The van der Waals surface area contributed by atoms with Gasteiger partial charge in [-0.1, -0.05) is 18.2 Å². The molecule has 0 aromatic heterocycles. The maximum atomic E-state index is 5.70. The monoisotopic (exact) mass is 287 g/mol. The second kappa shape index (κ2) is 4.52. The number of hydrogen-bond donors (Lipinski definition) is 1. The fourth-order valence-electron chi connectivity index (χ4n) is 3.42. The van der Waals surface area contributed by atoms with Crippen LogP contribution >= 0.6 is 11.8 Å². The standard InChI is InChI=1S/C15H17N3OS/c16-14-18-15(8-19-14)5-4-11-10(6-15)2-1-3-12(11)13-7-17-9-20-13/h1-3,9,13H,4-8H2,(H2,16,18)/t13?,15-/m0/s1. The lowest BCUT2D eigenvalue weighted by Gasteiger charge is -2.32. The second-order valence-corrected chi connectivity index (χ2v) is 6.77. The number of benzene rings is 1. The van der Waals surface area contributed by atoms with Crippen molar-refractivity contribution in [1.82, 2.24) is 0 Å². The number of ether oxygens (including phenoxy) is 1. The molecule has 2 atom stereocenters. The van der Waals surface area contributed by atoms with Crippen LogP contribution in [0.2, 0.25) is 0 Å². The molecule has 4 rings (SSSR count). The Balaban J connectivity index is 1.68. The SMILES string of the molecule is NC1=N[C@]2(CCc3c(cccc3C3CN=CS3)C2)CO1. The van der Waals surface area contributed by atoms with Gasteiger partial charge in [-0.05, 0) is 29.5 Å². The number of fused-ring (bicyclic) bond motifs is 1. The molecule has 2 N–H and O–H groups in total. The van der Waals surface area contributed by atoms with Gasteiger partial charge in [-0.3, -0.25) is 4.99 Å². The van der Waals surface area contributed by atoms with Crippen LogP contribution in [-0.2, 0) is 17.6 Å². The molecule has 5 heteroatoms. The normalized spacial score (nSPS) is 31.2. The number of hydrogen-bond acceptors (Lipinski definition) is 5. The second-order valence-electron chi connectivity index (χ2n) is 5.72. The first-order valence-electron chi connectivity index (χ1n) is 6.98. The molecule has 0 amide bonds. The average Bonchev–Trinajstić information content (AvgIpc) is 3.09. The van der Waals surface area contributed by atoms with E-state index in [0.29, 0.717) is 17.9 Å². The van der Waals surface area contributed by atoms with E-state index >= 15 is 0 Å². The van der Waals surface area contributed by atoms with Crippen LogP contribution < -0.4 is 5.73 Å². The van der Waals surface area contributed by atoms with Crippen molar-refractivity contribution < 1.29 is 4.74 Å². The van der Waals surface area contributed by atoms with Crippen LogP contribution in [0.1, 0.15) is 28.4 Å². The molecule has 0 saturated heterocycles. The average molecular weight is 287 g/mol. The maximum absolute atomic E-state index is 5.70. The summed E-state index contributed by atoms with van der Waals surface area (Å²) in [7, 11) is 0.